The molecule has 4 nitrogen and oxygen atoms in total. The van der Waals surface area contributed by atoms with Crippen molar-refractivity contribution in [2.45, 2.75) is 40.2 Å². The summed E-state index contributed by atoms with van der Waals surface area (Å²) in [5.74, 6) is 1.30. The van der Waals surface area contributed by atoms with Crippen LogP contribution in [-0.4, -0.2) is 54.5 Å². The molecular formula is C14H29N3O. The molecule has 1 rings (SSSR count). The van der Waals surface area contributed by atoms with Crippen molar-refractivity contribution in [2.75, 3.05) is 32.7 Å². The summed E-state index contributed by atoms with van der Waals surface area (Å²) < 4.78 is 0. The van der Waals surface area contributed by atoms with Crippen molar-refractivity contribution >= 4 is 5.91 Å². The van der Waals surface area contributed by atoms with Gasteiger partial charge in [-0.15, -0.1) is 0 Å². The summed E-state index contributed by atoms with van der Waals surface area (Å²) in [4.78, 5) is 16.5. The average Bonchev–Trinajstić information content (AvgIpc) is 2.61. The zero-order chi connectivity index (χ0) is 13.7. The van der Waals surface area contributed by atoms with E-state index in [0.717, 1.165) is 32.6 Å². The number of hydrogen-bond acceptors (Lipinski definition) is 3. The van der Waals surface area contributed by atoms with Gasteiger partial charge in [0, 0.05) is 32.2 Å². The minimum Gasteiger partial charge on any atom is -0.341 e. The fraction of sp³-hybridized carbons (Fsp3) is 0.929. The van der Waals surface area contributed by atoms with Gasteiger partial charge >= 0.3 is 0 Å². The largest absolute Gasteiger partial charge is 0.341 e. The van der Waals surface area contributed by atoms with Gasteiger partial charge in [0.25, 0.3) is 0 Å². The molecule has 0 spiro atoms. The molecule has 106 valence electrons. The Morgan fingerprint density at radius 3 is 2.22 bits per heavy atom. The van der Waals surface area contributed by atoms with Crippen LogP contribution in [0.15, 0.2) is 0 Å². The van der Waals surface area contributed by atoms with Gasteiger partial charge in [-0.05, 0) is 18.3 Å². The third-order valence-corrected chi connectivity index (χ3v) is 3.19. The number of likely N-dealkylation sites (tertiary alicyclic amines) is 1. The number of amides is 1. The van der Waals surface area contributed by atoms with Crippen LogP contribution in [0.1, 0.15) is 34.1 Å². The molecule has 18 heavy (non-hydrogen) atoms. The molecule has 0 saturated carbocycles. The summed E-state index contributed by atoms with van der Waals surface area (Å²) in [6.45, 7) is 12.7. The molecule has 1 atom stereocenters. The van der Waals surface area contributed by atoms with Gasteiger partial charge in [0.1, 0.15) is 0 Å². The van der Waals surface area contributed by atoms with E-state index in [9.17, 15) is 4.79 Å². The topological polar surface area (TPSA) is 49.6 Å². The van der Waals surface area contributed by atoms with Crippen molar-refractivity contribution in [3.05, 3.63) is 0 Å². The number of hydrogen-bond donors (Lipinski definition) is 1. The highest BCUT2D eigenvalue weighted by Crippen LogP contribution is 2.09. The predicted octanol–water partition coefficient (Wildman–Crippen LogP) is 1.16. The quantitative estimate of drug-likeness (QED) is 0.775. The lowest BCUT2D eigenvalue weighted by Gasteiger charge is -2.28. The maximum atomic E-state index is 12.3. The van der Waals surface area contributed by atoms with E-state index in [1.807, 2.05) is 4.90 Å². The van der Waals surface area contributed by atoms with Gasteiger partial charge in [-0.1, -0.05) is 27.7 Å². The molecule has 0 radical (unpaired) electrons. The minimum absolute atomic E-state index is 0.251. The Morgan fingerprint density at radius 2 is 1.83 bits per heavy atom. The molecule has 0 aromatic carbocycles. The van der Waals surface area contributed by atoms with Crippen LogP contribution in [0.4, 0.5) is 0 Å². The summed E-state index contributed by atoms with van der Waals surface area (Å²) in [6.07, 6.45) is 1.02. The molecule has 0 aromatic rings. The molecule has 4 heteroatoms. The van der Waals surface area contributed by atoms with E-state index in [0.29, 0.717) is 18.4 Å². The van der Waals surface area contributed by atoms with Crippen molar-refractivity contribution in [2.24, 2.45) is 17.6 Å². The third kappa shape index (κ3) is 5.36. The summed E-state index contributed by atoms with van der Waals surface area (Å²) in [6, 6.07) is 0.251. The van der Waals surface area contributed by atoms with E-state index < -0.39 is 0 Å². The van der Waals surface area contributed by atoms with Gasteiger partial charge in [0.05, 0.1) is 6.54 Å². The molecule has 0 aromatic heterocycles. The second-order valence-electron chi connectivity index (χ2n) is 6.37. The Balaban J connectivity index is 2.47. The van der Waals surface area contributed by atoms with Gasteiger partial charge in [-0.3, -0.25) is 9.69 Å². The maximum absolute atomic E-state index is 12.3. The maximum Gasteiger partial charge on any atom is 0.236 e. The predicted molar refractivity (Wildman–Crippen MR) is 75.3 cm³/mol. The highest BCUT2D eigenvalue weighted by Gasteiger charge is 2.24. The average molecular weight is 255 g/mol. The smallest absolute Gasteiger partial charge is 0.236 e. The summed E-state index contributed by atoms with van der Waals surface area (Å²) in [5.41, 5.74) is 5.87. The molecule has 0 bridgehead atoms. The standard InChI is InChI=1S/C14H29N3O/c1-11(2)7-17(8-12(3)4)14(18)10-16-6-5-13(15)9-16/h11-13H,5-10,15H2,1-4H3. The molecule has 2 N–H and O–H groups in total. The minimum atomic E-state index is 0.251. The molecular weight excluding hydrogens is 226 g/mol. The van der Waals surface area contributed by atoms with Crippen LogP contribution in [0.5, 0.6) is 0 Å². The molecule has 1 heterocycles. The Morgan fingerprint density at radius 1 is 1.28 bits per heavy atom. The first-order valence-electron chi connectivity index (χ1n) is 7.14. The second kappa shape index (κ2) is 7.10. The van der Waals surface area contributed by atoms with E-state index in [-0.39, 0.29) is 11.9 Å². The Kier molecular flexibility index (Phi) is 6.09. The number of nitrogens with two attached hydrogens (primary N) is 1. The van der Waals surface area contributed by atoms with Crippen molar-refractivity contribution in [3.8, 4) is 0 Å². The summed E-state index contributed by atoms with van der Waals surface area (Å²) in [5, 5.41) is 0. The van der Waals surface area contributed by atoms with Gasteiger partial charge in [0.2, 0.25) is 5.91 Å². The van der Waals surface area contributed by atoms with E-state index in [1.54, 1.807) is 0 Å². The van der Waals surface area contributed by atoms with Crippen molar-refractivity contribution in [1.29, 1.82) is 0 Å². The molecule has 1 aliphatic heterocycles. The van der Waals surface area contributed by atoms with Crippen molar-refractivity contribution in [3.63, 3.8) is 0 Å². The SMILES string of the molecule is CC(C)CN(CC(C)C)C(=O)CN1CCC(N)C1. The van der Waals surface area contributed by atoms with Crippen LogP contribution in [0.3, 0.4) is 0 Å². The molecule has 1 unspecified atom stereocenters. The lowest BCUT2D eigenvalue weighted by Crippen LogP contribution is -2.43. The zero-order valence-electron chi connectivity index (χ0n) is 12.4. The van der Waals surface area contributed by atoms with Gasteiger partial charge < -0.3 is 10.6 Å². The summed E-state index contributed by atoms with van der Waals surface area (Å²) >= 11 is 0. The first-order valence-corrected chi connectivity index (χ1v) is 7.14. The molecule has 1 fully saturated rings. The zero-order valence-corrected chi connectivity index (χ0v) is 12.4. The number of rotatable bonds is 6. The van der Waals surface area contributed by atoms with E-state index in [2.05, 4.69) is 32.6 Å². The van der Waals surface area contributed by atoms with E-state index >= 15 is 0 Å². The first-order chi connectivity index (χ1) is 8.38. The van der Waals surface area contributed by atoms with Crippen LogP contribution in [0, 0.1) is 11.8 Å². The van der Waals surface area contributed by atoms with Gasteiger partial charge in [-0.25, -0.2) is 0 Å². The van der Waals surface area contributed by atoms with Crippen LogP contribution >= 0.6 is 0 Å². The molecule has 1 saturated heterocycles. The molecule has 0 aliphatic carbocycles. The Hall–Kier alpha value is -0.610. The summed E-state index contributed by atoms with van der Waals surface area (Å²) in [7, 11) is 0. The van der Waals surface area contributed by atoms with E-state index in [1.165, 1.54) is 0 Å². The van der Waals surface area contributed by atoms with E-state index in [4.69, 9.17) is 5.73 Å². The molecule has 1 amide bonds. The van der Waals surface area contributed by atoms with Crippen LogP contribution in [0.25, 0.3) is 0 Å². The highest BCUT2D eigenvalue weighted by molar-refractivity contribution is 5.78. The fourth-order valence-corrected chi connectivity index (χ4v) is 2.46. The van der Waals surface area contributed by atoms with Gasteiger partial charge in [0.15, 0.2) is 0 Å². The van der Waals surface area contributed by atoms with Crippen molar-refractivity contribution in [1.82, 2.24) is 9.80 Å². The van der Waals surface area contributed by atoms with Crippen molar-refractivity contribution < 1.29 is 4.79 Å². The normalized spacial score (nSPS) is 20.9. The number of carbonyl (C=O) groups excluding carboxylic acids is 1. The highest BCUT2D eigenvalue weighted by atomic mass is 16.2. The fourth-order valence-electron chi connectivity index (χ4n) is 2.46. The van der Waals surface area contributed by atoms with Crippen LogP contribution in [0.2, 0.25) is 0 Å². The van der Waals surface area contributed by atoms with Gasteiger partial charge in [-0.2, -0.15) is 0 Å². The first kappa shape index (κ1) is 15.4. The number of nitrogens with zero attached hydrogens (tertiary/aromatic N) is 2. The Bertz CT molecular complexity index is 256. The van der Waals surface area contributed by atoms with Crippen LogP contribution in [-0.2, 0) is 4.79 Å². The lowest BCUT2D eigenvalue weighted by molar-refractivity contribution is -0.133. The second-order valence-corrected chi connectivity index (χ2v) is 6.37. The lowest BCUT2D eigenvalue weighted by atomic mass is 10.1. The number of carbonyl (C=O) groups is 1. The monoisotopic (exact) mass is 255 g/mol. The van der Waals surface area contributed by atoms with Crippen LogP contribution < -0.4 is 5.73 Å². The molecule has 1 aliphatic rings. The third-order valence-electron chi connectivity index (χ3n) is 3.19. The Labute approximate surface area is 111 Å².